The first-order valence-electron chi connectivity index (χ1n) is 6.88. The number of nitrogens with one attached hydrogen (secondary N) is 1. The molecule has 1 amide bonds. The Hall–Kier alpha value is -2.50. The number of aryl methyl sites for hydroxylation is 2. The number of hydrogen-bond donors (Lipinski definition) is 1. The number of carbonyl (C=O) groups excluding carboxylic acids is 1. The highest BCUT2D eigenvalue weighted by Crippen LogP contribution is 2.32. The molecule has 3 rings (SSSR count). The van der Waals surface area contributed by atoms with Crippen molar-refractivity contribution < 1.29 is 14.3 Å². The van der Waals surface area contributed by atoms with Gasteiger partial charge in [0.1, 0.15) is 0 Å². The first-order valence-corrected chi connectivity index (χ1v) is 6.88. The smallest absolute Gasteiger partial charge is 0.251 e. The Balaban J connectivity index is 1.69. The van der Waals surface area contributed by atoms with E-state index < -0.39 is 0 Å². The molecule has 0 radical (unpaired) electrons. The molecule has 1 aliphatic heterocycles. The molecule has 1 aromatic carbocycles. The number of hydrogen-bond acceptors (Lipinski definition) is 4. The van der Waals surface area contributed by atoms with Gasteiger partial charge in [0.05, 0.1) is 17.9 Å². The Kier molecular flexibility index (Phi) is 3.51. The van der Waals surface area contributed by atoms with Crippen LogP contribution in [0.15, 0.2) is 24.3 Å². The third-order valence-corrected chi connectivity index (χ3v) is 3.35. The van der Waals surface area contributed by atoms with Gasteiger partial charge in [-0.1, -0.05) is 0 Å². The van der Waals surface area contributed by atoms with Crippen LogP contribution in [0.2, 0.25) is 0 Å². The summed E-state index contributed by atoms with van der Waals surface area (Å²) in [5.41, 5.74) is 2.49. The Morgan fingerprint density at radius 3 is 2.95 bits per heavy atom. The minimum atomic E-state index is -0.144. The van der Waals surface area contributed by atoms with E-state index >= 15 is 0 Å². The van der Waals surface area contributed by atoms with E-state index in [4.69, 9.17) is 9.47 Å². The molecular weight excluding hydrogens is 270 g/mol. The summed E-state index contributed by atoms with van der Waals surface area (Å²) in [4.78, 5) is 12.2. The van der Waals surface area contributed by atoms with E-state index in [9.17, 15) is 4.79 Å². The molecule has 1 aliphatic rings. The average molecular weight is 287 g/mol. The van der Waals surface area contributed by atoms with E-state index in [0.29, 0.717) is 23.6 Å². The van der Waals surface area contributed by atoms with Crippen LogP contribution in [-0.4, -0.2) is 22.5 Å². The predicted octanol–water partition coefficient (Wildman–Crippen LogP) is 1.87. The Bertz CT molecular complexity index is 679. The van der Waals surface area contributed by atoms with Gasteiger partial charge >= 0.3 is 0 Å². The minimum absolute atomic E-state index is 0.144. The molecule has 0 saturated carbocycles. The molecule has 0 unspecified atom stereocenters. The SMILES string of the molecule is CCn1nc(C)cc1CNC(=O)c1ccc2c(c1)OCO2. The number of ether oxygens (including phenoxy) is 2. The molecule has 0 spiro atoms. The monoisotopic (exact) mass is 287 g/mol. The summed E-state index contributed by atoms with van der Waals surface area (Å²) >= 11 is 0. The zero-order chi connectivity index (χ0) is 14.8. The number of carbonyl (C=O) groups is 1. The summed E-state index contributed by atoms with van der Waals surface area (Å²) < 4.78 is 12.4. The third-order valence-electron chi connectivity index (χ3n) is 3.35. The summed E-state index contributed by atoms with van der Waals surface area (Å²) in [5, 5.41) is 7.25. The summed E-state index contributed by atoms with van der Waals surface area (Å²) in [5.74, 6) is 1.14. The van der Waals surface area contributed by atoms with Gasteiger partial charge in [-0.05, 0) is 38.1 Å². The molecule has 110 valence electrons. The van der Waals surface area contributed by atoms with Crippen molar-refractivity contribution in [3.05, 3.63) is 41.2 Å². The predicted molar refractivity (Wildman–Crippen MR) is 76.4 cm³/mol. The summed E-state index contributed by atoms with van der Waals surface area (Å²) in [6, 6.07) is 7.15. The van der Waals surface area contributed by atoms with Crippen molar-refractivity contribution in [1.29, 1.82) is 0 Å². The zero-order valence-electron chi connectivity index (χ0n) is 12.0. The van der Waals surface area contributed by atoms with Crippen LogP contribution in [0.1, 0.15) is 28.7 Å². The standard InChI is InChI=1S/C15H17N3O3/c1-3-18-12(6-10(2)17-18)8-16-15(19)11-4-5-13-14(7-11)21-9-20-13/h4-7H,3,8-9H2,1-2H3,(H,16,19). The summed E-state index contributed by atoms with van der Waals surface area (Å²) in [7, 11) is 0. The van der Waals surface area contributed by atoms with Crippen molar-refractivity contribution in [3.63, 3.8) is 0 Å². The highest BCUT2D eigenvalue weighted by atomic mass is 16.7. The lowest BCUT2D eigenvalue weighted by atomic mass is 10.2. The van der Waals surface area contributed by atoms with Crippen molar-refractivity contribution in [2.45, 2.75) is 26.9 Å². The average Bonchev–Trinajstić information content (AvgIpc) is 3.09. The lowest BCUT2D eigenvalue weighted by Crippen LogP contribution is -2.24. The second kappa shape index (κ2) is 5.47. The van der Waals surface area contributed by atoms with Crippen LogP contribution in [0.5, 0.6) is 11.5 Å². The number of amides is 1. The highest BCUT2D eigenvalue weighted by molar-refractivity contribution is 5.94. The number of fused-ring (bicyclic) bond motifs is 1. The molecule has 21 heavy (non-hydrogen) atoms. The molecular formula is C15H17N3O3. The van der Waals surface area contributed by atoms with E-state index in [1.165, 1.54) is 0 Å². The Labute approximate surface area is 122 Å². The largest absolute Gasteiger partial charge is 0.454 e. The molecule has 6 nitrogen and oxygen atoms in total. The van der Waals surface area contributed by atoms with Gasteiger partial charge in [-0.3, -0.25) is 9.48 Å². The van der Waals surface area contributed by atoms with Gasteiger partial charge in [0.25, 0.3) is 5.91 Å². The van der Waals surface area contributed by atoms with Crippen molar-refractivity contribution in [1.82, 2.24) is 15.1 Å². The van der Waals surface area contributed by atoms with Gasteiger partial charge in [0.2, 0.25) is 6.79 Å². The molecule has 0 aliphatic carbocycles. The van der Waals surface area contributed by atoms with Crippen LogP contribution >= 0.6 is 0 Å². The topological polar surface area (TPSA) is 65.4 Å². The van der Waals surface area contributed by atoms with Crippen LogP contribution in [0.25, 0.3) is 0 Å². The highest BCUT2D eigenvalue weighted by Gasteiger charge is 2.16. The van der Waals surface area contributed by atoms with Crippen LogP contribution in [0.3, 0.4) is 0 Å². The van der Waals surface area contributed by atoms with E-state index in [2.05, 4.69) is 10.4 Å². The van der Waals surface area contributed by atoms with Gasteiger partial charge in [-0.25, -0.2) is 0 Å². The normalized spacial score (nSPS) is 12.5. The molecule has 1 N–H and O–H groups in total. The van der Waals surface area contributed by atoms with Crippen molar-refractivity contribution in [3.8, 4) is 11.5 Å². The number of benzene rings is 1. The minimum Gasteiger partial charge on any atom is -0.454 e. The third kappa shape index (κ3) is 2.69. The van der Waals surface area contributed by atoms with Gasteiger partial charge in [-0.2, -0.15) is 5.10 Å². The van der Waals surface area contributed by atoms with Crippen LogP contribution in [-0.2, 0) is 13.1 Å². The van der Waals surface area contributed by atoms with Gasteiger partial charge in [-0.15, -0.1) is 0 Å². The second-order valence-electron chi connectivity index (χ2n) is 4.84. The molecule has 2 aromatic rings. The number of rotatable bonds is 4. The molecule has 0 saturated heterocycles. The fourth-order valence-corrected chi connectivity index (χ4v) is 2.33. The molecule has 0 bridgehead atoms. The lowest BCUT2D eigenvalue weighted by molar-refractivity contribution is 0.0949. The Morgan fingerprint density at radius 2 is 2.14 bits per heavy atom. The molecule has 0 atom stereocenters. The van der Waals surface area contributed by atoms with Crippen LogP contribution in [0, 0.1) is 6.92 Å². The van der Waals surface area contributed by atoms with E-state index in [1.54, 1.807) is 18.2 Å². The van der Waals surface area contributed by atoms with Crippen LogP contribution < -0.4 is 14.8 Å². The number of aromatic nitrogens is 2. The summed E-state index contributed by atoms with van der Waals surface area (Å²) in [6.07, 6.45) is 0. The maximum absolute atomic E-state index is 12.2. The fraction of sp³-hybridized carbons (Fsp3) is 0.333. The van der Waals surface area contributed by atoms with Gasteiger partial charge in [0.15, 0.2) is 11.5 Å². The van der Waals surface area contributed by atoms with Crippen molar-refractivity contribution in [2.75, 3.05) is 6.79 Å². The Morgan fingerprint density at radius 1 is 1.33 bits per heavy atom. The van der Waals surface area contributed by atoms with Crippen LogP contribution in [0.4, 0.5) is 0 Å². The van der Waals surface area contributed by atoms with Crippen molar-refractivity contribution >= 4 is 5.91 Å². The van der Waals surface area contributed by atoms with E-state index in [0.717, 1.165) is 17.9 Å². The molecule has 1 aromatic heterocycles. The van der Waals surface area contributed by atoms with Gasteiger partial charge < -0.3 is 14.8 Å². The van der Waals surface area contributed by atoms with Gasteiger partial charge in [0, 0.05) is 12.1 Å². The second-order valence-corrected chi connectivity index (χ2v) is 4.84. The quantitative estimate of drug-likeness (QED) is 0.932. The molecule has 6 heteroatoms. The maximum Gasteiger partial charge on any atom is 0.251 e. The zero-order valence-corrected chi connectivity index (χ0v) is 12.0. The fourth-order valence-electron chi connectivity index (χ4n) is 2.33. The van der Waals surface area contributed by atoms with E-state index in [1.807, 2.05) is 24.6 Å². The lowest BCUT2D eigenvalue weighted by Gasteiger charge is -2.07. The maximum atomic E-state index is 12.2. The van der Waals surface area contributed by atoms with Crippen molar-refractivity contribution in [2.24, 2.45) is 0 Å². The van der Waals surface area contributed by atoms with E-state index in [-0.39, 0.29) is 12.7 Å². The molecule has 0 fully saturated rings. The summed E-state index contributed by atoms with van der Waals surface area (Å²) in [6.45, 7) is 5.39. The molecule has 2 heterocycles. The first kappa shape index (κ1) is 13.5. The number of nitrogens with zero attached hydrogens (tertiary/aromatic N) is 2. The first-order chi connectivity index (χ1) is 10.2.